The van der Waals surface area contributed by atoms with E-state index in [1.807, 2.05) is 17.5 Å². The Morgan fingerprint density at radius 3 is 2.83 bits per heavy atom. The average molecular weight is 495 g/mol. The smallest absolute Gasteiger partial charge is 0.251 e. The molecule has 0 radical (unpaired) electrons. The summed E-state index contributed by atoms with van der Waals surface area (Å²) in [4.78, 5) is 32.3. The van der Waals surface area contributed by atoms with E-state index >= 15 is 0 Å². The minimum absolute atomic E-state index is 0.0533. The first-order valence-electron chi connectivity index (χ1n) is 11.6. The second kappa shape index (κ2) is 9.39. The standard InChI is InChI=1S/C26H27FN4O3S/c1-16(28-24(33)18-7-8-19-13-34-15-26(2,27)21(19)12-18)23(32)30-25-29-22(14-35-25)17-5-3-6-20(11-17)31-9-4-10-31/h3,5-8,11-12,14,16H,4,9-10,13,15H2,1-2H3,(H,28,33)(H,29,30,32)/t16-,26+/m0/s1. The molecule has 2 aliphatic heterocycles. The first-order chi connectivity index (χ1) is 16.8. The molecule has 5 rings (SSSR count). The van der Waals surface area contributed by atoms with Gasteiger partial charge in [-0.2, -0.15) is 0 Å². The van der Waals surface area contributed by atoms with Crippen molar-refractivity contribution in [1.82, 2.24) is 10.3 Å². The number of nitrogens with zero attached hydrogens (tertiary/aromatic N) is 2. The fraction of sp³-hybridized carbons (Fsp3) is 0.346. The van der Waals surface area contributed by atoms with Crippen molar-refractivity contribution < 1.29 is 18.7 Å². The van der Waals surface area contributed by atoms with E-state index in [1.165, 1.54) is 30.4 Å². The van der Waals surface area contributed by atoms with Crippen molar-refractivity contribution in [3.05, 3.63) is 64.5 Å². The van der Waals surface area contributed by atoms with Gasteiger partial charge >= 0.3 is 0 Å². The molecule has 1 aromatic heterocycles. The molecule has 2 aliphatic rings. The molecule has 0 unspecified atom stereocenters. The van der Waals surface area contributed by atoms with Crippen LogP contribution in [-0.4, -0.2) is 42.5 Å². The Morgan fingerprint density at radius 2 is 2.06 bits per heavy atom. The van der Waals surface area contributed by atoms with Crippen molar-refractivity contribution in [1.29, 1.82) is 0 Å². The zero-order valence-corrected chi connectivity index (χ0v) is 20.5. The molecule has 0 saturated carbocycles. The number of amides is 2. The lowest BCUT2D eigenvalue weighted by atomic mass is 9.90. The van der Waals surface area contributed by atoms with Gasteiger partial charge in [0.25, 0.3) is 5.91 Å². The summed E-state index contributed by atoms with van der Waals surface area (Å²) >= 11 is 1.33. The number of fused-ring (bicyclic) bond motifs is 1. The van der Waals surface area contributed by atoms with Crippen LogP contribution < -0.4 is 15.5 Å². The summed E-state index contributed by atoms with van der Waals surface area (Å²) in [5.74, 6) is -0.823. The molecule has 0 bridgehead atoms. The highest BCUT2D eigenvalue weighted by Gasteiger charge is 2.33. The minimum atomic E-state index is -1.66. The van der Waals surface area contributed by atoms with Crippen molar-refractivity contribution in [2.45, 2.75) is 38.6 Å². The number of halogens is 1. The topological polar surface area (TPSA) is 83.6 Å². The van der Waals surface area contributed by atoms with Crippen LogP contribution in [0.2, 0.25) is 0 Å². The number of hydrogen-bond donors (Lipinski definition) is 2. The van der Waals surface area contributed by atoms with Crippen LogP contribution in [0.4, 0.5) is 15.2 Å². The zero-order valence-electron chi connectivity index (χ0n) is 19.6. The molecule has 1 saturated heterocycles. The number of anilines is 2. The average Bonchev–Trinajstić information content (AvgIpc) is 3.26. The number of ether oxygens (including phenoxy) is 1. The second-order valence-electron chi connectivity index (χ2n) is 9.18. The van der Waals surface area contributed by atoms with Gasteiger partial charge in [-0.05, 0) is 55.7 Å². The normalized spacial score (nSPS) is 19.9. The minimum Gasteiger partial charge on any atom is -0.373 e. The number of benzene rings is 2. The largest absolute Gasteiger partial charge is 0.373 e. The van der Waals surface area contributed by atoms with Gasteiger partial charge in [0.05, 0.1) is 18.9 Å². The molecule has 0 aliphatic carbocycles. The summed E-state index contributed by atoms with van der Waals surface area (Å²) in [7, 11) is 0. The Kier molecular flexibility index (Phi) is 6.29. The molecule has 35 heavy (non-hydrogen) atoms. The van der Waals surface area contributed by atoms with Crippen LogP contribution in [0.1, 0.15) is 41.8 Å². The fourth-order valence-electron chi connectivity index (χ4n) is 4.22. The third-order valence-electron chi connectivity index (χ3n) is 6.40. The van der Waals surface area contributed by atoms with Gasteiger partial charge < -0.3 is 20.3 Å². The molecular formula is C26H27FN4O3S. The molecule has 2 aromatic carbocycles. The number of thiazole rings is 1. The van der Waals surface area contributed by atoms with Gasteiger partial charge in [-0.15, -0.1) is 11.3 Å². The van der Waals surface area contributed by atoms with Gasteiger partial charge in [0.1, 0.15) is 6.04 Å². The van der Waals surface area contributed by atoms with Gasteiger partial charge in [-0.3, -0.25) is 9.59 Å². The van der Waals surface area contributed by atoms with Crippen LogP contribution >= 0.6 is 11.3 Å². The highest BCUT2D eigenvalue weighted by atomic mass is 32.1. The Morgan fingerprint density at radius 1 is 1.23 bits per heavy atom. The number of alkyl halides is 1. The Hall–Kier alpha value is -3.30. The summed E-state index contributed by atoms with van der Waals surface area (Å²) in [6.45, 7) is 5.43. The Bertz CT molecular complexity index is 1270. The highest BCUT2D eigenvalue weighted by molar-refractivity contribution is 7.14. The summed E-state index contributed by atoms with van der Waals surface area (Å²) in [6, 6.07) is 12.3. The Labute approximate surface area is 207 Å². The number of nitrogens with one attached hydrogen (secondary N) is 2. The van der Waals surface area contributed by atoms with Crippen LogP contribution in [0.3, 0.4) is 0 Å². The molecule has 3 aromatic rings. The molecule has 0 spiro atoms. The van der Waals surface area contributed by atoms with Gasteiger partial charge in [-0.25, -0.2) is 9.37 Å². The maximum Gasteiger partial charge on any atom is 0.251 e. The van der Waals surface area contributed by atoms with E-state index in [1.54, 1.807) is 25.1 Å². The predicted molar refractivity (Wildman–Crippen MR) is 134 cm³/mol. The van der Waals surface area contributed by atoms with Crippen molar-refractivity contribution in [3.8, 4) is 11.3 Å². The van der Waals surface area contributed by atoms with E-state index in [2.05, 4.69) is 32.7 Å². The van der Waals surface area contributed by atoms with E-state index < -0.39 is 17.6 Å². The SMILES string of the molecule is C[C@H](NC(=O)c1ccc2c(c1)[C@](C)(F)COC2)C(=O)Nc1nc(-c2cccc(N3CCC3)c2)cs1. The third kappa shape index (κ3) is 4.92. The lowest BCUT2D eigenvalue weighted by Gasteiger charge is -2.33. The van der Waals surface area contributed by atoms with Crippen molar-refractivity contribution in [3.63, 3.8) is 0 Å². The van der Waals surface area contributed by atoms with Gasteiger partial charge in [0.15, 0.2) is 10.8 Å². The zero-order chi connectivity index (χ0) is 24.6. The third-order valence-corrected chi connectivity index (χ3v) is 7.16. The quantitative estimate of drug-likeness (QED) is 0.528. The Balaban J connectivity index is 1.22. The van der Waals surface area contributed by atoms with Crippen molar-refractivity contribution in [2.75, 3.05) is 29.9 Å². The first-order valence-corrected chi connectivity index (χ1v) is 12.5. The lowest BCUT2D eigenvalue weighted by Crippen LogP contribution is -2.41. The van der Waals surface area contributed by atoms with Crippen LogP contribution in [-0.2, 0) is 21.8 Å². The summed E-state index contributed by atoms with van der Waals surface area (Å²) in [5.41, 5.74) is 2.76. The number of rotatable bonds is 6. The van der Waals surface area contributed by atoms with Gasteiger partial charge in [0.2, 0.25) is 5.91 Å². The molecule has 1 fully saturated rings. The van der Waals surface area contributed by atoms with Gasteiger partial charge in [-0.1, -0.05) is 18.2 Å². The molecule has 2 atom stereocenters. The number of carbonyl (C=O) groups excluding carboxylic acids is 2. The highest BCUT2D eigenvalue weighted by Crippen LogP contribution is 2.34. The first kappa shape index (κ1) is 23.4. The second-order valence-corrected chi connectivity index (χ2v) is 10.0. The van der Waals surface area contributed by atoms with E-state index in [0.29, 0.717) is 22.9 Å². The predicted octanol–water partition coefficient (Wildman–Crippen LogP) is 4.49. The van der Waals surface area contributed by atoms with E-state index in [0.717, 1.165) is 29.9 Å². The maximum absolute atomic E-state index is 14.8. The van der Waals surface area contributed by atoms with Crippen molar-refractivity contribution >= 4 is 34.0 Å². The number of aromatic nitrogens is 1. The molecular weight excluding hydrogens is 467 g/mol. The summed E-state index contributed by atoms with van der Waals surface area (Å²) in [6.07, 6.45) is 1.21. The molecule has 9 heteroatoms. The van der Waals surface area contributed by atoms with Crippen LogP contribution in [0.25, 0.3) is 11.3 Å². The molecule has 2 amide bonds. The molecule has 182 valence electrons. The number of hydrogen-bond acceptors (Lipinski definition) is 6. The van der Waals surface area contributed by atoms with Crippen LogP contribution in [0.5, 0.6) is 0 Å². The van der Waals surface area contributed by atoms with E-state index in [-0.39, 0.29) is 12.5 Å². The molecule has 3 heterocycles. The van der Waals surface area contributed by atoms with E-state index in [4.69, 9.17) is 4.74 Å². The molecule has 2 N–H and O–H groups in total. The van der Waals surface area contributed by atoms with Gasteiger partial charge in [0, 0.05) is 35.3 Å². The molecule has 7 nitrogen and oxygen atoms in total. The summed E-state index contributed by atoms with van der Waals surface area (Å²) < 4.78 is 20.1. The van der Waals surface area contributed by atoms with Crippen molar-refractivity contribution in [2.24, 2.45) is 0 Å². The monoisotopic (exact) mass is 494 g/mol. The number of carbonyl (C=O) groups is 2. The summed E-state index contributed by atoms with van der Waals surface area (Å²) in [5, 5.41) is 7.83. The fourth-order valence-corrected chi connectivity index (χ4v) is 4.94. The van der Waals surface area contributed by atoms with E-state index in [9.17, 15) is 14.0 Å². The van der Waals surface area contributed by atoms with Crippen LogP contribution in [0.15, 0.2) is 47.8 Å². The van der Waals surface area contributed by atoms with Crippen LogP contribution in [0, 0.1) is 0 Å². The maximum atomic E-state index is 14.8. The lowest BCUT2D eigenvalue weighted by molar-refractivity contribution is -0.117.